The summed E-state index contributed by atoms with van der Waals surface area (Å²) >= 11 is 7.88. The summed E-state index contributed by atoms with van der Waals surface area (Å²) in [6.45, 7) is 5.79. The minimum Gasteiger partial charge on any atom is -0.336 e. The van der Waals surface area contributed by atoms with Crippen molar-refractivity contribution in [3.8, 4) is 0 Å². The molecule has 1 aromatic rings. The predicted octanol–water partition coefficient (Wildman–Crippen LogP) is 2.59. The van der Waals surface area contributed by atoms with Gasteiger partial charge in [0.2, 0.25) is 0 Å². The van der Waals surface area contributed by atoms with Gasteiger partial charge >= 0.3 is 0 Å². The number of anilines is 1. The number of nitrogen functional groups attached to an aromatic ring is 1. The third-order valence-electron chi connectivity index (χ3n) is 3.07. The average Bonchev–Trinajstić information content (AvgIpc) is 2.36. The van der Waals surface area contributed by atoms with Crippen molar-refractivity contribution in [2.45, 2.75) is 24.3 Å². The molecule has 2 unspecified atom stereocenters. The second kappa shape index (κ2) is 6.03. The molecule has 0 saturated carbocycles. The summed E-state index contributed by atoms with van der Waals surface area (Å²) in [5.41, 5.74) is 3.69. The predicted molar refractivity (Wildman–Crippen MR) is 81.7 cm³/mol. The number of hydrogen-bond donors (Lipinski definition) is 2. The van der Waals surface area contributed by atoms with Gasteiger partial charge < -0.3 is 10.3 Å². The van der Waals surface area contributed by atoms with Crippen LogP contribution in [0.4, 0.5) is 5.69 Å². The summed E-state index contributed by atoms with van der Waals surface area (Å²) < 4.78 is 0. The van der Waals surface area contributed by atoms with Crippen molar-refractivity contribution < 1.29 is 4.79 Å². The first-order valence-corrected chi connectivity index (χ1v) is 7.54. The summed E-state index contributed by atoms with van der Waals surface area (Å²) in [5, 5.41) is 1.43. The third-order valence-corrected chi connectivity index (χ3v) is 4.54. The van der Waals surface area contributed by atoms with Gasteiger partial charge in [0.1, 0.15) is 0 Å². The molecule has 1 heterocycles. The molecule has 0 bridgehead atoms. The SMILES string of the molecule is CC1CN(C(=O)c2cc(Cl)ccc2NN)CC(C)S1. The summed E-state index contributed by atoms with van der Waals surface area (Å²) in [6.07, 6.45) is 0. The quantitative estimate of drug-likeness (QED) is 0.651. The molecule has 1 aromatic carbocycles. The normalized spacial score (nSPS) is 23.3. The van der Waals surface area contributed by atoms with Gasteiger partial charge in [0, 0.05) is 28.6 Å². The van der Waals surface area contributed by atoms with Crippen molar-refractivity contribution >= 4 is 35.0 Å². The lowest BCUT2D eigenvalue weighted by Gasteiger charge is -2.35. The van der Waals surface area contributed by atoms with Crippen LogP contribution in [-0.2, 0) is 0 Å². The average molecular weight is 300 g/mol. The van der Waals surface area contributed by atoms with E-state index in [9.17, 15) is 4.79 Å². The molecule has 0 aromatic heterocycles. The number of hydrogen-bond acceptors (Lipinski definition) is 4. The maximum absolute atomic E-state index is 12.6. The maximum Gasteiger partial charge on any atom is 0.256 e. The standard InChI is InChI=1S/C13H18ClN3OS/c1-8-6-17(7-9(2)19-8)13(18)11-5-10(14)3-4-12(11)16-15/h3-5,8-9,16H,6-7,15H2,1-2H3. The molecule has 0 radical (unpaired) electrons. The number of benzene rings is 1. The van der Waals surface area contributed by atoms with E-state index < -0.39 is 0 Å². The van der Waals surface area contributed by atoms with E-state index in [0.717, 1.165) is 13.1 Å². The number of halogens is 1. The van der Waals surface area contributed by atoms with Gasteiger partial charge in [-0.25, -0.2) is 0 Å². The molecule has 1 amide bonds. The van der Waals surface area contributed by atoms with Crippen LogP contribution in [0.5, 0.6) is 0 Å². The maximum atomic E-state index is 12.6. The van der Waals surface area contributed by atoms with Crippen LogP contribution in [0.15, 0.2) is 18.2 Å². The van der Waals surface area contributed by atoms with Crippen molar-refractivity contribution in [2.75, 3.05) is 18.5 Å². The lowest BCUT2D eigenvalue weighted by atomic mass is 10.1. The van der Waals surface area contributed by atoms with Crippen LogP contribution < -0.4 is 11.3 Å². The fourth-order valence-corrected chi connectivity index (χ4v) is 3.83. The summed E-state index contributed by atoms with van der Waals surface area (Å²) in [7, 11) is 0. The molecule has 0 spiro atoms. The van der Waals surface area contributed by atoms with Crippen LogP contribution in [0.1, 0.15) is 24.2 Å². The Kier molecular flexibility index (Phi) is 4.60. The Bertz CT molecular complexity index is 473. The molecule has 4 nitrogen and oxygen atoms in total. The van der Waals surface area contributed by atoms with E-state index in [1.54, 1.807) is 18.2 Å². The van der Waals surface area contributed by atoms with Gasteiger partial charge in [-0.3, -0.25) is 10.6 Å². The second-order valence-electron chi connectivity index (χ2n) is 4.80. The Morgan fingerprint density at radius 3 is 2.63 bits per heavy atom. The molecule has 6 heteroatoms. The molecular formula is C13H18ClN3OS. The van der Waals surface area contributed by atoms with Gasteiger partial charge in [0.15, 0.2) is 0 Å². The van der Waals surface area contributed by atoms with E-state index in [-0.39, 0.29) is 5.91 Å². The van der Waals surface area contributed by atoms with Gasteiger partial charge in [-0.1, -0.05) is 25.4 Å². The van der Waals surface area contributed by atoms with Gasteiger partial charge in [0.05, 0.1) is 11.3 Å². The van der Waals surface area contributed by atoms with Crippen LogP contribution >= 0.6 is 23.4 Å². The van der Waals surface area contributed by atoms with Crippen molar-refractivity contribution in [2.24, 2.45) is 5.84 Å². The summed E-state index contributed by atoms with van der Waals surface area (Å²) in [4.78, 5) is 14.5. The van der Waals surface area contributed by atoms with E-state index in [2.05, 4.69) is 19.3 Å². The number of nitrogens with one attached hydrogen (secondary N) is 1. The van der Waals surface area contributed by atoms with Crippen molar-refractivity contribution in [3.63, 3.8) is 0 Å². The van der Waals surface area contributed by atoms with Crippen LogP contribution in [0, 0.1) is 0 Å². The number of thioether (sulfide) groups is 1. The van der Waals surface area contributed by atoms with Crippen LogP contribution in [0.25, 0.3) is 0 Å². The molecule has 19 heavy (non-hydrogen) atoms. The van der Waals surface area contributed by atoms with E-state index in [0.29, 0.717) is 26.8 Å². The monoisotopic (exact) mass is 299 g/mol. The third kappa shape index (κ3) is 3.35. The molecule has 1 fully saturated rings. The van der Waals surface area contributed by atoms with Crippen LogP contribution in [0.2, 0.25) is 5.02 Å². The van der Waals surface area contributed by atoms with E-state index in [1.807, 2.05) is 16.7 Å². The minimum absolute atomic E-state index is 0.0190. The second-order valence-corrected chi connectivity index (χ2v) is 7.12. The molecule has 1 aliphatic heterocycles. The Morgan fingerprint density at radius 1 is 1.42 bits per heavy atom. The zero-order valence-electron chi connectivity index (χ0n) is 11.0. The molecule has 1 saturated heterocycles. The lowest BCUT2D eigenvalue weighted by molar-refractivity contribution is 0.0754. The number of carbonyl (C=O) groups excluding carboxylic acids is 1. The highest BCUT2D eigenvalue weighted by atomic mass is 35.5. The fourth-order valence-electron chi connectivity index (χ4n) is 2.33. The fraction of sp³-hybridized carbons (Fsp3) is 0.462. The molecule has 104 valence electrons. The van der Waals surface area contributed by atoms with Gasteiger partial charge in [-0.2, -0.15) is 11.8 Å². The number of rotatable bonds is 2. The number of nitrogens with zero attached hydrogens (tertiary/aromatic N) is 1. The number of nitrogens with two attached hydrogens (primary N) is 1. The number of hydrazine groups is 1. The van der Waals surface area contributed by atoms with E-state index in [4.69, 9.17) is 17.4 Å². The first-order valence-electron chi connectivity index (χ1n) is 6.22. The molecular weight excluding hydrogens is 282 g/mol. The Labute approximate surface area is 122 Å². The first kappa shape index (κ1) is 14.5. The van der Waals surface area contributed by atoms with Crippen molar-refractivity contribution in [1.29, 1.82) is 0 Å². The van der Waals surface area contributed by atoms with Gasteiger partial charge in [0.25, 0.3) is 5.91 Å². The molecule has 1 aliphatic rings. The number of amides is 1. The number of carbonyl (C=O) groups is 1. The highest BCUT2D eigenvalue weighted by Gasteiger charge is 2.27. The van der Waals surface area contributed by atoms with Crippen molar-refractivity contribution in [1.82, 2.24) is 4.90 Å². The van der Waals surface area contributed by atoms with Gasteiger partial charge in [-0.05, 0) is 18.2 Å². The first-order chi connectivity index (χ1) is 9.01. The Morgan fingerprint density at radius 2 is 2.05 bits per heavy atom. The highest BCUT2D eigenvalue weighted by molar-refractivity contribution is 8.00. The smallest absolute Gasteiger partial charge is 0.256 e. The molecule has 0 aliphatic carbocycles. The van der Waals surface area contributed by atoms with Crippen LogP contribution in [-0.4, -0.2) is 34.4 Å². The zero-order valence-corrected chi connectivity index (χ0v) is 12.6. The molecule has 2 rings (SSSR count). The zero-order chi connectivity index (χ0) is 14.0. The Balaban J connectivity index is 2.26. The van der Waals surface area contributed by atoms with E-state index in [1.165, 1.54) is 0 Å². The molecule has 2 atom stereocenters. The minimum atomic E-state index is -0.0190. The Hall–Kier alpha value is -0.910. The topological polar surface area (TPSA) is 58.4 Å². The van der Waals surface area contributed by atoms with Gasteiger partial charge in [-0.15, -0.1) is 0 Å². The highest BCUT2D eigenvalue weighted by Crippen LogP contribution is 2.28. The summed E-state index contributed by atoms with van der Waals surface area (Å²) in [5.74, 6) is 5.44. The van der Waals surface area contributed by atoms with Crippen molar-refractivity contribution in [3.05, 3.63) is 28.8 Å². The molecule has 3 N–H and O–H groups in total. The van der Waals surface area contributed by atoms with E-state index >= 15 is 0 Å². The van der Waals surface area contributed by atoms with Crippen LogP contribution in [0.3, 0.4) is 0 Å². The lowest BCUT2D eigenvalue weighted by Crippen LogP contribution is -2.44. The largest absolute Gasteiger partial charge is 0.336 e. The summed E-state index contributed by atoms with van der Waals surface area (Å²) in [6, 6.07) is 5.10.